The van der Waals surface area contributed by atoms with Gasteiger partial charge in [-0.3, -0.25) is 14.7 Å². The van der Waals surface area contributed by atoms with Gasteiger partial charge in [0.25, 0.3) is 0 Å². The minimum absolute atomic E-state index is 0.181. The van der Waals surface area contributed by atoms with Crippen LogP contribution in [0.25, 0.3) is 0 Å². The van der Waals surface area contributed by atoms with E-state index in [2.05, 4.69) is 26.3 Å². The molecule has 4 rings (SSSR count). The van der Waals surface area contributed by atoms with Crippen molar-refractivity contribution in [2.75, 3.05) is 19.6 Å². The van der Waals surface area contributed by atoms with Crippen molar-refractivity contribution < 1.29 is 4.79 Å². The zero-order chi connectivity index (χ0) is 16.6. The average molecular weight is 342 g/mol. The molecule has 2 aromatic heterocycles. The number of rotatable bonds is 4. The van der Waals surface area contributed by atoms with Gasteiger partial charge in [-0.25, -0.2) is 4.98 Å². The van der Waals surface area contributed by atoms with Crippen LogP contribution in [0.2, 0.25) is 0 Å². The largest absolute Gasteiger partial charge is 0.336 e. The lowest BCUT2D eigenvalue weighted by Crippen LogP contribution is -2.36. The maximum absolute atomic E-state index is 13.0. The predicted molar refractivity (Wildman–Crippen MR) is 93.4 cm³/mol. The first-order valence-corrected chi connectivity index (χ1v) is 9.35. The Balaban J connectivity index is 1.40. The minimum atomic E-state index is -0.181. The lowest BCUT2D eigenvalue weighted by molar-refractivity contribution is -0.136. The Hall–Kier alpha value is -1.79. The summed E-state index contributed by atoms with van der Waals surface area (Å²) in [6.45, 7) is 6.19. The van der Waals surface area contributed by atoms with Crippen molar-refractivity contribution in [2.45, 2.75) is 32.9 Å². The van der Waals surface area contributed by atoms with Crippen LogP contribution in [0.15, 0.2) is 29.8 Å². The van der Waals surface area contributed by atoms with Gasteiger partial charge in [-0.1, -0.05) is 6.07 Å². The van der Waals surface area contributed by atoms with Gasteiger partial charge in [0.05, 0.1) is 28.4 Å². The number of hydrogen-bond donors (Lipinski definition) is 0. The molecular weight excluding hydrogens is 320 g/mol. The summed E-state index contributed by atoms with van der Waals surface area (Å²) < 4.78 is 0. The van der Waals surface area contributed by atoms with Gasteiger partial charge in [0.2, 0.25) is 5.91 Å². The highest BCUT2D eigenvalue weighted by Gasteiger charge is 2.50. The monoisotopic (exact) mass is 342 g/mol. The molecule has 1 amide bonds. The standard InChI is InChI=1S/C18H22N4OS/c1-14-20-16(12-24-14)11-22-9-6-18(17(22)23)5-8-21(13-18)10-15-4-2-3-7-19-15/h2-4,7,12H,5-6,8-11,13H2,1H3. The summed E-state index contributed by atoms with van der Waals surface area (Å²) >= 11 is 1.65. The van der Waals surface area contributed by atoms with E-state index >= 15 is 0 Å². The number of carbonyl (C=O) groups is 1. The molecule has 2 fully saturated rings. The van der Waals surface area contributed by atoms with Gasteiger partial charge in [-0.15, -0.1) is 11.3 Å². The zero-order valence-electron chi connectivity index (χ0n) is 13.9. The summed E-state index contributed by atoms with van der Waals surface area (Å²) in [6.07, 6.45) is 3.76. The molecule has 0 N–H and O–H groups in total. The summed E-state index contributed by atoms with van der Waals surface area (Å²) in [4.78, 5) is 26.3. The van der Waals surface area contributed by atoms with Crippen LogP contribution in [-0.2, 0) is 17.9 Å². The Labute approximate surface area is 146 Å². The molecule has 2 saturated heterocycles. The van der Waals surface area contributed by atoms with Crippen molar-refractivity contribution in [1.29, 1.82) is 0 Å². The number of nitrogens with zero attached hydrogens (tertiary/aromatic N) is 4. The van der Waals surface area contributed by atoms with E-state index in [1.807, 2.05) is 30.2 Å². The molecule has 126 valence electrons. The van der Waals surface area contributed by atoms with Gasteiger partial charge in [0.15, 0.2) is 0 Å². The SMILES string of the molecule is Cc1nc(CN2CCC3(CCN(Cc4ccccn4)C3)C2=O)cs1. The van der Waals surface area contributed by atoms with E-state index < -0.39 is 0 Å². The topological polar surface area (TPSA) is 49.3 Å². The quantitative estimate of drug-likeness (QED) is 0.856. The molecule has 0 aliphatic carbocycles. The number of pyridine rings is 1. The molecule has 1 unspecified atom stereocenters. The second-order valence-corrected chi connectivity index (χ2v) is 7.96. The number of amides is 1. The molecule has 1 atom stereocenters. The summed E-state index contributed by atoms with van der Waals surface area (Å²) in [5.74, 6) is 0.316. The maximum atomic E-state index is 13.0. The molecule has 0 saturated carbocycles. The van der Waals surface area contributed by atoms with E-state index in [4.69, 9.17) is 0 Å². The van der Waals surface area contributed by atoms with Gasteiger partial charge in [-0.05, 0) is 38.4 Å². The fourth-order valence-electron chi connectivity index (χ4n) is 3.91. The van der Waals surface area contributed by atoms with Crippen molar-refractivity contribution >= 4 is 17.2 Å². The Kier molecular flexibility index (Phi) is 4.10. The molecule has 0 aromatic carbocycles. The van der Waals surface area contributed by atoms with E-state index in [1.54, 1.807) is 11.3 Å². The molecule has 2 aliphatic heterocycles. The second kappa shape index (κ2) is 6.26. The lowest BCUT2D eigenvalue weighted by Gasteiger charge is -2.23. The van der Waals surface area contributed by atoms with Crippen LogP contribution in [0.1, 0.15) is 29.2 Å². The molecule has 4 heterocycles. The first-order valence-electron chi connectivity index (χ1n) is 8.47. The minimum Gasteiger partial charge on any atom is -0.336 e. The lowest BCUT2D eigenvalue weighted by atomic mass is 9.85. The van der Waals surface area contributed by atoms with Crippen LogP contribution in [0, 0.1) is 12.3 Å². The van der Waals surface area contributed by atoms with Crippen molar-refractivity contribution in [3.8, 4) is 0 Å². The number of carbonyl (C=O) groups excluding carboxylic acids is 1. The van der Waals surface area contributed by atoms with E-state index in [9.17, 15) is 4.79 Å². The van der Waals surface area contributed by atoms with Crippen LogP contribution < -0.4 is 0 Å². The zero-order valence-corrected chi connectivity index (χ0v) is 14.8. The molecule has 5 nitrogen and oxygen atoms in total. The molecule has 1 spiro atoms. The van der Waals surface area contributed by atoms with Crippen LogP contribution in [-0.4, -0.2) is 45.3 Å². The van der Waals surface area contributed by atoms with Crippen molar-refractivity contribution in [3.05, 3.63) is 46.2 Å². The van der Waals surface area contributed by atoms with Crippen LogP contribution in [0.5, 0.6) is 0 Å². The molecule has 0 bridgehead atoms. The summed E-state index contributed by atoms with van der Waals surface area (Å²) in [5, 5.41) is 3.13. The fraction of sp³-hybridized carbons (Fsp3) is 0.500. The number of aryl methyl sites for hydroxylation is 1. The first kappa shape index (κ1) is 15.7. The first-order chi connectivity index (χ1) is 11.6. The third kappa shape index (κ3) is 2.96. The van der Waals surface area contributed by atoms with Gasteiger partial charge in [0, 0.05) is 31.2 Å². The highest BCUT2D eigenvalue weighted by atomic mass is 32.1. The normalized spacial score (nSPS) is 24.4. The van der Waals surface area contributed by atoms with Crippen molar-refractivity contribution in [3.63, 3.8) is 0 Å². The van der Waals surface area contributed by atoms with Crippen molar-refractivity contribution in [1.82, 2.24) is 19.8 Å². The molecule has 6 heteroatoms. The predicted octanol–water partition coefficient (Wildman–Crippen LogP) is 2.47. The molecular formula is C18H22N4OS. The Bertz CT molecular complexity index is 732. The fourth-order valence-corrected chi connectivity index (χ4v) is 4.52. The Morgan fingerprint density at radius 2 is 2.08 bits per heavy atom. The molecule has 24 heavy (non-hydrogen) atoms. The highest BCUT2D eigenvalue weighted by Crippen LogP contribution is 2.41. The van der Waals surface area contributed by atoms with E-state index in [1.165, 1.54) is 0 Å². The third-order valence-electron chi connectivity index (χ3n) is 5.17. The smallest absolute Gasteiger partial charge is 0.230 e. The molecule has 0 radical (unpaired) electrons. The number of thiazole rings is 1. The highest BCUT2D eigenvalue weighted by molar-refractivity contribution is 7.09. The second-order valence-electron chi connectivity index (χ2n) is 6.90. The van der Waals surface area contributed by atoms with Gasteiger partial charge in [0.1, 0.15) is 0 Å². The van der Waals surface area contributed by atoms with E-state index in [-0.39, 0.29) is 5.41 Å². The maximum Gasteiger partial charge on any atom is 0.230 e. The average Bonchev–Trinajstić information content (AvgIpc) is 3.26. The van der Waals surface area contributed by atoms with Crippen molar-refractivity contribution in [2.24, 2.45) is 5.41 Å². The number of likely N-dealkylation sites (tertiary alicyclic amines) is 2. The Morgan fingerprint density at radius 1 is 1.21 bits per heavy atom. The summed E-state index contributed by atoms with van der Waals surface area (Å²) in [6, 6.07) is 6.01. The third-order valence-corrected chi connectivity index (χ3v) is 5.99. The van der Waals surface area contributed by atoms with Gasteiger partial charge >= 0.3 is 0 Å². The van der Waals surface area contributed by atoms with Crippen LogP contribution >= 0.6 is 11.3 Å². The van der Waals surface area contributed by atoms with Gasteiger partial charge < -0.3 is 4.90 Å². The summed E-state index contributed by atoms with van der Waals surface area (Å²) in [7, 11) is 0. The van der Waals surface area contributed by atoms with Crippen LogP contribution in [0.4, 0.5) is 0 Å². The summed E-state index contributed by atoms with van der Waals surface area (Å²) in [5.41, 5.74) is 1.92. The molecule has 2 aromatic rings. The number of aromatic nitrogens is 2. The number of hydrogen-bond acceptors (Lipinski definition) is 5. The Morgan fingerprint density at radius 3 is 2.83 bits per heavy atom. The molecule has 2 aliphatic rings. The van der Waals surface area contributed by atoms with E-state index in [0.717, 1.165) is 55.4 Å². The van der Waals surface area contributed by atoms with Gasteiger partial charge in [-0.2, -0.15) is 0 Å². The van der Waals surface area contributed by atoms with E-state index in [0.29, 0.717) is 12.5 Å². The van der Waals surface area contributed by atoms with Crippen LogP contribution in [0.3, 0.4) is 0 Å².